The van der Waals surface area contributed by atoms with Crippen LogP contribution in [-0.2, 0) is 0 Å². The molecule has 3 aromatic rings. The molecule has 6 nitrogen and oxygen atoms in total. The lowest BCUT2D eigenvalue weighted by atomic mass is 10.0. The Kier molecular flexibility index (Phi) is 4.81. The standard InChI is InChI=1S/C22H26N6/c1-2-4-17(5-3-1)19-16-21(28-14-10-24-11-15-28)26-22-18(19)6-7-20(25-22)27-12-8-23-9-13-27/h1-7,16,23-24H,8-15H2. The van der Waals surface area contributed by atoms with Crippen molar-refractivity contribution in [3.05, 3.63) is 48.5 Å². The number of anilines is 2. The first-order valence-electron chi connectivity index (χ1n) is 10.2. The fraction of sp³-hybridized carbons (Fsp3) is 0.364. The Labute approximate surface area is 165 Å². The number of fused-ring (bicyclic) bond motifs is 1. The van der Waals surface area contributed by atoms with Crippen LogP contribution < -0.4 is 20.4 Å². The second kappa shape index (κ2) is 7.73. The van der Waals surface area contributed by atoms with Gasteiger partial charge in [0.2, 0.25) is 0 Å². The third-order valence-electron chi connectivity index (χ3n) is 5.61. The molecule has 0 saturated carbocycles. The molecule has 2 aromatic heterocycles. The summed E-state index contributed by atoms with van der Waals surface area (Å²) in [7, 11) is 0. The van der Waals surface area contributed by atoms with Gasteiger partial charge in [-0.3, -0.25) is 0 Å². The molecule has 0 amide bonds. The summed E-state index contributed by atoms with van der Waals surface area (Å²) in [5, 5.41) is 7.94. The summed E-state index contributed by atoms with van der Waals surface area (Å²) < 4.78 is 0. The van der Waals surface area contributed by atoms with E-state index in [0.29, 0.717) is 0 Å². The lowest BCUT2D eigenvalue weighted by Gasteiger charge is -2.30. The number of rotatable bonds is 3. The summed E-state index contributed by atoms with van der Waals surface area (Å²) in [5.41, 5.74) is 3.26. The molecule has 2 N–H and O–H groups in total. The molecule has 2 saturated heterocycles. The van der Waals surface area contributed by atoms with Gasteiger partial charge >= 0.3 is 0 Å². The largest absolute Gasteiger partial charge is 0.354 e. The highest BCUT2D eigenvalue weighted by molar-refractivity contribution is 5.95. The van der Waals surface area contributed by atoms with E-state index in [1.165, 1.54) is 11.1 Å². The van der Waals surface area contributed by atoms with Crippen molar-refractivity contribution in [2.75, 3.05) is 62.2 Å². The average Bonchev–Trinajstić information content (AvgIpc) is 2.79. The summed E-state index contributed by atoms with van der Waals surface area (Å²) in [6.45, 7) is 7.92. The van der Waals surface area contributed by atoms with Crippen LogP contribution in [0.4, 0.5) is 11.6 Å². The van der Waals surface area contributed by atoms with Crippen LogP contribution in [0.15, 0.2) is 48.5 Å². The molecule has 144 valence electrons. The molecule has 0 atom stereocenters. The van der Waals surface area contributed by atoms with Crippen molar-refractivity contribution >= 4 is 22.7 Å². The number of hydrogen-bond donors (Lipinski definition) is 2. The smallest absolute Gasteiger partial charge is 0.164 e. The van der Waals surface area contributed by atoms with Crippen LogP contribution in [0, 0.1) is 0 Å². The van der Waals surface area contributed by atoms with E-state index in [-0.39, 0.29) is 0 Å². The Morgan fingerprint density at radius 1 is 0.679 bits per heavy atom. The zero-order valence-corrected chi connectivity index (χ0v) is 16.1. The highest BCUT2D eigenvalue weighted by atomic mass is 15.3. The number of aromatic nitrogens is 2. The van der Waals surface area contributed by atoms with E-state index in [0.717, 1.165) is 75.0 Å². The maximum atomic E-state index is 4.99. The first kappa shape index (κ1) is 17.4. The van der Waals surface area contributed by atoms with Crippen molar-refractivity contribution in [2.45, 2.75) is 0 Å². The van der Waals surface area contributed by atoms with E-state index in [2.05, 4.69) is 69.0 Å². The zero-order chi connectivity index (χ0) is 18.8. The van der Waals surface area contributed by atoms with Crippen LogP contribution in [0.3, 0.4) is 0 Å². The highest BCUT2D eigenvalue weighted by Gasteiger charge is 2.18. The Bertz CT molecular complexity index is 941. The van der Waals surface area contributed by atoms with Gasteiger partial charge in [-0.25, -0.2) is 9.97 Å². The average molecular weight is 374 g/mol. The highest BCUT2D eigenvalue weighted by Crippen LogP contribution is 2.32. The minimum Gasteiger partial charge on any atom is -0.354 e. The van der Waals surface area contributed by atoms with E-state index in [1.807, 2.05) is 0 Å². The van der Waals surface area contributed by atoms with Gasteiger partial charge < -0.3 is 20.4 Å². The monoisotopic (exact) mass is 374 g/mol. The molecule has 1 aromatic carbocycles. The van der Waals surface area contributed by atoms with Crippen molar-refractivity contribution in [1.29, 1.82) is 0 Å². The predicted molar refractivity (Wildman–Crippen MR) is 115 cm³/mol. The third-order valence-corrected chi connectivity index (χ3v) is 5.61. The lowest BCUT2D eigenvalue weighted by Crippen LogP contribution is -2.44. The summed E-state index contributed by atoms with van der Waals surface area (Å²) in [5.74, 6) is 2.05. The van der Waals surface area contributed by atoms with Gasteiger partial charge in [-0.05, 0) is 29.3 Å². The number of hydrogen-bond acceptors (Lipinski definition) is 6. The van der Waals surface area contributed by atoms with Crippen LogP contribution in [0.1, 0.15) is 0 Å². The van der Waals surface area contributed by atoms with E-state index in [1.54, 1.807) is 0 Å². The van der Waals surface area contributed by atoms with E-state index in [4.69, 9.17) is 9.97 Å². The van der Waals surface area contributed by atoms with Crippen LogP contribution in [0.2, 0.25) is 0 Å². The Morgan fingerprint density at radius 3 is 1.96 bits per heavy atom. The fourth-order valence-electron chi connectivity index (χ4n) is 4.06. The van der Waals surface area contributed by atoms with Crippen molar-refractivity contribution in [3.8, 4) is 11.1 Å². The number of benzene rings is 1. The normalized spacial score (nSPS) is 17.9. The molecule has 2 aliphatic heterocycles. The summed E-state index contributed by atoms with van der Waals surface area (Å²) in [6.07, 6.45) is 0. The fourth-order valence-corrected chi connectivity index (χ4v) is 4.06. The maximum Gasteiger partial charge on any atom is 0.164 e. The molecule has 0 unspecified atom stereocenters. The van der Waals surface area contributed by atoms with Crippen LogP contribution in [0.25, 0.3) is 22.2 Å². The molecule has 5 rings (SSSR count). The van der Waals surface area contributed by atoms with E-state index in [9.17, 15) is 0 Å². The quantitative estimate of drug-likeness (QED) is 0.732. The van der Waals surface area contributed by atoms with Crippen LogP contribution in [-0.4, -0.2) is 62.3 Å². The third kappa shape index (κ3) is 3.41. The van der Waals surface area contributed by atoms with Crippen molar-refractivity contribution in [3.63, 3.8) is 0 Å². The van der Waals surface area contributed by atoms with Crippen molar-refractivity contribution in [1.82, 2.24) is 20.6 Å². The lowest BCUT2D eigenvalue weighted by molar-refractivity contribution is 0.584. The molecule has 0 aliphatic carbocycles. The van der Waals surface area contributed by atoms with Gasteiger partial charge in [0, 0.05) is 57.7 Å². The summed E-state index contributed by atoms with van der Waals surface area (Å²) in [4.78, 5) is 14.7. The van der Waals surface area contributed by atoms with Gasteiger partial charge in [0.15, 0.2) is 5.65 Å². The molecular weight excluding hydrogens is 348 g/mol. The zero-order valence-electron chi connectivity index (χ0n) is 16.1. The molecule has 0 spiro atoms. The molecular formula is C22H26N6. The van der Waals surface area contributed by atoms with Gasteiger partial charge in [0.05, 0.1) is 0 Å². The second-order valence-corrected chi connectivity index (χ2v) is 7.41. The Balaban J connectivity index is 1.63. The predicted octanol–water partition coefficient (Wildman–Crippen LogP) is 2.12. The topological polar surface area (TPSA) is 56.3 Å². The molecule has 0 radical (unpaired) electrons. The minimum atomic E-state index is 0.839. The molecule has 28 heavy (non-hydrogen) atoms. The summed E-state index contributed by atoms with van der Waals surface area (Å²) in [6, 6.07) is 17.1. The Hall–Kier alpha value is -2.70. The molecule has 2 fully saturated rings. The van der Waals surface area contributed by atoms with Gasteiger partial charge in [0.25, 0.3) is 0 Å². The molecule has 4 heterocycles. The van der Waals surface area contributed by atoms with E-state index >= 15 is 0 Å². The van der Waals surface area contributed by atoms with Gasteiger partial charge in [-0.15, -0.1) is 0 Å². The number of nitrogens with one attached hydrogen (secondary N) is 2. The van der Waals surface area contributed by atoms with Gasteiger partial charge in [-0.1, -0.05) is 30.3 Å². The van der Waals surface area contributed by atoms with Gasteiger partial charge in [-0.2, -0.15) is 0 Å². The molecule has 6 heteroatoms. The SMILES string of the molecule is c1ccc(-c2cc(N3CCNCC3)nc3nc(N4CCNCC4)ccc23)cc1. The first-order valence-corrected chi connectivity index (χ1v) is 10.2. The van der Waals surface area contributed by atoms with Crippen LogP contribution >= 0.6 is 0 Å². The van der Waals surface area contributed by atoms with Crippen molar-refractivity contribution < 1.29 is 0 Å². The van der Waals surface area contributed by atoms with Gasteiger partial charge in [0.1, 0.15) is 11.6 Å². The van der Waals surface area contributed by atoms with Crippen molar-refractivity contribution in [2.24, 2.45) is 0 Å². The van der Waals surface area contributed by atoms with E-state index < -0.39 is 0 Å². The summed E-state index contributed by atoms with van der Waals surface area (Å²) >= 11 is 0. The second-order valence-electron chi connectivity index (χ2n) is 7.41. The maximum absolute atomic E-state index is 4.99. The molecule has 0 bridgehead atoms. The van der Waals surface area contributed by atoms with Crippen LogP contribution in [0.5, 0.6) is 0 Å². The number of piperazine rings is 2. The first-order chi connectivity index (χ1) is 13.9. The molecule has 2 aliphatic rings. The number of nitrogens with zero attached hydrogens (tertiary/aromatic N) is 4. The Morgan fingerprint density at radius 2 is 1.29 bits per heavy atom. The number of pyridine rings is 2. The minimum absolute atomic E-state index is 0.839.